The number of ether oxygens (including phenoxy) is 3. The number of para-hydroxylation sites is 2. The molecule has 0 radical (unpaired) electrons. The Morgan fingerprint density at radius 3 is 1.36 bits per heavy atom. The highest BCUT2D eigenvalue weighted by atomic mass is 16.5. The number of anilines is 3. The third kappa shape index (κ3) is 4.01. The summed E-state index contributed by atoms with van der Waals surface area (Å²) in [6.45, 7) is 3.81. The van der Waals surface area contributed by atoms with Gasteiger partial charge in [-0.05, 0) is 81.0 Å². The van der Waals surface area contributed by atoms with Gasteiger partial charge >= 0.3 is 0 Å². The summed E-state index contributed by atoms with van der Waals surface area (Å²) in [5.74, 6) is 4.63. The van der Waals surface area contributed by atoms with Gasteiger partial charge in [0.05, 0.1) is 11.4 Å². The van der Waals surface area contributed by atoms with Crippen LogP contribution in [-0.4, -0.2) is 13.4 Å². The van der Waals surface area contributed by atoms with E-state index >= 15 is 0 Å². The van der Waals surface area contributed by atoms with Crippen LogP contribution < -0.4 is 51.9 Å². The monoisotopic (exact) mass is 819 g/mol. The Bertz CT molecular complexity index is 3730. The predicted molar refractivity (Wildman–Crippen MR) is 258 cm³/mol. The van der Waals surface area contributed by atoms with Crippen LogP contribution in [0, 0.1) is 13.8 Å². The summed E-state index contributed by atoms with van der Waals surface area (Å²) in [6, 6.07) is 54.1. The second kappa shape index (κ2) is 11.5. The molecule has 11 aromatic rings. The van der Waals surface area contributed by atoms with Gasteiger partial charge in [-0.2, -0.15) is 0 Å². The topological polar surface area (TPSA) is 57.2 Å². The van der Waals surface area contributed by atoms with E-state index in [1.165, 1.54) is 0 Å². The first-order chi connectivity index (χ1) is 31.6. The summed E-state index contributed by atoms with van der Waals surface area (Å²) in [5.41, 5.74) is 19.3. The van der Waals surface area contributed by atoms with E-state index in [0.717, 1.165) is 139 Å². The molecule has 0 aliphatic carbocycles. The lowest BCUT2D eigenvalue weighted by Crippen LogP contribution is -2.67. The highest BCUT2D eigenvalue weighted by Gasteiger charge is 2.55. The SMILES string of the molecule is Cc1ccc2c(c1)oc1c3c4c(cc12)B1c2cccc(-c5ccccc5)c2Oc2cc5c6c(c21)N4c1c(cc2c(oc4cc(C)ccc42)c1O3)B6c1cccc(-c2ccccc2)c1O5. The van der Waals surface area contributed by atoms with Gasteiger partial charge < -0.3 is 27.9 Å². The third-order valence-electron chi connectivity index (χ3n) is 14.4. The summed E-state index contributed by atoms with van der Waals surface area (Å²) < 4.78 is 36.1. The van der Waals surface area contributed by atoms with Crippen molar-refractivity contribution < 1.29 is 23.0 Å². The maximum atomic E-state index is 7.55. The fourth-order valence-corrected chi connectivity index (χ4v) is 11.8. The fourth-order valence-electron chi connectivity index (χ4n) is 11.8. The number of rotatable bonds is 2. The highest BCUT2D eigenvalue weighted by molar-refractivity contribution is 7.04. The number of furan rings is 2. The number of nitrogens with zero attached hydrogens (tertiary/aromatic N) is 1. The molecule has 2 aromatic heterocycles. The zero-order valence-corrected chi connectivity index (χ0v) is 34.6. The molecule has 0 unspecified atom stereocenters. The van der Waals surface area contributed by atoms with Crippen LogP contribution in [0.1, 0.15) is 11.1 Å². The van der Waals surface area contributed by atoms with Crippen LogP contribution in [0.25, 0.3) is 66.1 Å². The van der Waals surface area contributed by atoms with Crippen LogP contribution >= 0.6 is 0 Å². The molecular formula is C56H31B2NO5. The molecule has 0 N–H and O–H groups in total. The number of fused-ring (bicyclic) bond motifs is 14. The normalized spacial score (nSPS) is 14.1. The van der Waals surface area contributed by atoms with Crippen LogP contribution in [0.3, 0.4) is 0 Å². The first kappa shape index (κ1) is 33.5. The lowest BCUT2D eigenvalue weighted by Gasteiger charge is -2.49. The van der Waals surface area contributed by atoms with Gasteiger partial charge in [0.1, 0.15) is 34.2 Å². The molecule has 9 aromatic carbocycles. The lowest BCUT2D eigenvalue weighted by molar-refractivity contribution is 0.462. The molecule has 0 amide bonds. The average molecular weight is 819 g/mol. The zero-order chi connectivity index (χ0) is 41.7. The Balaban J connectivity index is 1.09. The Hall–Kier alpha value is -8.09. The van der Waals surface area contributed by atoms with E-state index < -0.39 is 0 Å². The Morgan fingerprint density at radius 2 is 0.875 bits per heavy atom. The molecular weight excluding hydrogens is 788 g/mol. The van der Waals surface area contributed by atoms with Crippen molar-refractivity contribution in [1.82, 2.24) is 0 Å². The van der Waals surface area contributed by atoms with E-state index in [-0.39, 0.29) is 13.4 Å². The van der Waals surface area contributed by atoms with Gasteiger partial charge in [0.2, 0.25) is 0 Å². The summed E-state index contributed by atoms with van der Waals surface area (Å²) in [7, 11) is 0. The minimum absolute atomic E-state index is 0.199. The summed E-state index contributed by atoms with van der Waals surface area (Å²) in [5, 5.41) is 4.12. The van der Waals surface area contributed by atoms with E-state index in [1.54, 1.807) is 0 Å². The van der Waals surface area contributed by atoms with Crippen molar-refractivity contribution in [2.75, 3.05) is 4.90 Å². The van der Waals surface area contributed by atoms with E-state index in [2.05, 4.69) is 170 Å². The predicted octanol–water partition coefficient (Wildman–Crippen LogP) is 10.9. The molecule has 0 saturated heterocycles. The molecule has 7 heterocycles. The van der Waals surface area contributed by atoms with Crippen molar-refractivity contribution >= 4 is 107 Å². The van der Waals surface area contributed by atoms with Gasteiger partial charge in [0.25, 0.3) is 13.4 Å². The molecule has 0 spiro atoms. The number of hydrogen-bond acceptors (Lipinski definition) is 6. The molecule has 64 heavy (non-hydrogen) atoms. The summed E-state index contributed by atoms with van der Waals surface area (Å²) in [6.07, 6.45) is 0. The molecule has 0 atom stereocenters. The first-order valence-corrected chi connectivity index (χ1v) is 22.0. The Kier molecular flexibility index (Phi) is 6.01. The van der Waals surface area contributed by atoms with E-state index in [0.29, 0.717) is 22.7 Å². The van der Waals surface area contributed by atoms with Crippen LogP contribution in [0.2, 0.25) is 0 Å². The minimum Gasteiger partial charge on any atom is -0.458 e. The van der Waals surface area contributed by atoms with Gasteiger partial charge in [0, 0.05) is 44.4 Å². The molecule has 0 saturated carbocycles. The maximum Gasteiger partial charge on any atom is 0.256 e. The van der Waals surface area contributed by atoms with Gasteiger partial charge in [-0.15, -0.1) is 0 Å². The molecule has 0 bridgehead atoms. The van der Waals surface area contributed by atoms with Crippen molar-refractivity contribution in [2.45, 2.75) is 13.8 Å². The minimum atomic E-state index is -0.199. The standard InChI is InChI=1S/C56H31B2NO5/c1-28-19-21-34-36-25-40-48-55(53(36)60-42(34)23-28)64-56-49-41(26-37-35-22-20-29(2)24-43(35)61-54(37)56)58-39-18-10-16-33(31-13-7-4-8-14-31)52(39)63-45-27-44-46(50(47(45)58)59(48)49)57(40)38-17-9-15-32(51(38)62-44)30-11-5-3-6-12-30/h3-27H,1-2H3. The maximum absolute atomic E-state index is 7.55. The van der Waals surface area contributed by atoms with Crippen LogP contribution in [-0.2, 0) is 0 Å². The van der Waals surface area contributed by atoms with Crippen molar-refractivity contribution in [1.29, 1.82) is 0 Å². The first-order valence-electron chi connectivity index (χ1n) is 22.0. The molecule has 0 fully saturated rings. The molecule has 16 rings (SSSR count). The molecule has 5 aliphatic heterocycles. The second-order valence-corrected chi connectivity index (χ2v) is 18.0. The number of aryl methyl sites for hydroxylation is 2. The molecule has 6 nitrogen and oxygen atoms in total. The van der Waals surface area contributed by atoms with E-state index in [9.17, 15) is 0 Å². The van der Waals surface area contributed by atoms with Gasteiger partial charge in [-0.1, -0.05) is 133 Å². The van der Waals surface area contributed by atoms with Crippen LogP contribution in [0.4, 0.5) is 17.1 Å². The van der Waals surface area contributed by atoms with Crippen molar-refractivity contribution in [3.63, 3.8) is 0 Å². The smallest absolute Gasteiger partial charge is 0.256 e. The van der Waals surface area contributed by atoms with E-state index in [4.69, 9.17) is 23.0 Å². The van der Waals surface area contributed by atoms with Crippen molar-refractivity contribution in [3.8, 4) is 56.8 Å². The van der Waals surface area contributed by atoms with E-state index in [1.807, 2.05) is 0 Å². The summed E-state index contributed by atoms with van der Waals surface area (Å²) in [4.78, 5) is 2.45. The quantitative estimate of drug-likeness (QED) is 0.162. The van der Waals surface area contributed by atoms with Gasteiger partial charge in [0.15, 0.2) is 22.7 Å². The lowest BCUT2D eigenvalue weighted by atomic mass is 9.29. The van der Waals surface area contributed by atoms with Gasteiger partial charge in [-0.25, -0.2) is 0 Å². The summed E-state index contributed by atoms with van der Waals surface area (Å²) >= 11 is 0. The Morgan fingerprint density at radius 1 is 0.391 bits per heavy atom. The highest BCUT2D eigenvalue weighted by Crippen LogP contribution is 2.59. The second-order valence-electron chi connectivity index (χ2n) is 18.0. The van der Waals surface area contributed by atoms with Gasteiger partial charge in [-0.3, -0.25) is 0 Å². The molecule has 5 aliphatic rings. The number of benzene rings is 9. The third-order valence-corrected chi connectivity index (χ3v) is 14.4. The van der Waals surface area contributed by atoms with Crippen molar-refractivity contribution in [2.24, 2.45) is 0 Å². The number of hydrogen-bond donors (Lipinski definition) is 0. The largest absolute Gasteiger partial charge is 0.458 e. The van der Waals surface area contributed by atoms with Crippen LogP contribution in [0.5, 0.6) is 34.5 Å². The molecule has 296 valence electrons. The average Bonchev–Trinajstić information content (AvgIpc) is 3.88. The fraction of sp³-hybridized carbons (Fsp3) is 0.0357. The molecule has 8 heteroatoms. The zero-order valence-electron chi connectivity index (χ0n) is 34.6. The Labute approximate surface area is 367 Å². The van der Waals surface area contributed by atoms with Crippen LogP contribution in [0.15, 0.2) is 160 Å². The van der Waals surface area contributed by atoms with Crippen molar-refractivity contribution in [3.05, 3.63) is 163 Å².